The molecule has 0 aromatic carbocycles. The van der Waals surface area contributed by atoms with Crippen LogP contribution in [0.1, 0.15) is 73.1 Å². The van der Waals surface area contributed by atoms with Gasteiger partial charge in [-0.2, -0.15) is 0 Å². The van der Waals surface area contributed by atoms with E-state index in [1.54, 1.807) is 14.0 Å². The average molecular weight is 510 g/mol. The molecule has 0 bridgehead atoms. The molecule has 2 fully saturated rings. The monoisotopic (exact) mass is 509 g/mol. The molecule has 0 radical (unpaired) electrons. The molecule has 2 aliphatic heterocycles. The van der Waals surface area contributed by atoms with E-state index < -0.39 is 17.5 Å². The molecule has 4 unspecified atom stereocenters. The predicted octanol–water partition coefficient (Wildman–Crippen LogP) is 3.13. The van der Waals surface area contributed by atoms with E-state index in [4.69, 9.17) is 9.47 Å². The quantitative estimate of drug-likeness (QED) is 0.417. The van der Waals surface area contributed by atoms with E-state index in [1.165, 1.54) is 0 Å². The van der Waals surface area contributed by atoms with E-state index in [0.717, 1.165) is 51.9 Å². The largest absolute Gasteiger partial charge is 0.463 e. The minimum absolute atomic E-state index is 0.0483. The molecule has 1 N–H and O–H groups in total. The fourth-order valence-corrected chi connectivity index (χ4v) is 5.62. The molecule has 8 heteroatoms. The van der Waals surface area contributed by atoms with Crippen molar-refractivity contribution in [2.75, 3.05) is 53.5 Å². The molecule has 0 spiro atoms. The van der Waals surface area contributed by atoms with Crippen LogP contribution in [0.15, 0.2) is 0 Å². The van der Waals surface area contributed by atoms with Crippen LogP contribution >= 0.6 is 0 Å². The van der Waals surface area contributed by atoms with Crippen molar-refractivity contribution in [2.24, 2.45) is 23.7 Å². The molecule has 4 atom stereocenters. The van der Waals surface area contributed by atoms with Crippen LogP contribution in [-0.4, -0.2) is 92.6 Å². The summed E-state index contributed by atoms with van der Waals surface area (Å²) in [5.41, 5.74) is -0.403. The summed E-state index contributed by atoms with van der Waals surface area (Å²) in [7, 11) is 3.81. The Morgan fingerprint density at radius 2 is 1.89 bits per heavy atom. The summed E-state index contributed by atoms with van der Waals surface area (Å²) in [5.74, 6) is -0.486. The van der Waals surface area contributed by atoms with Gasteiger partial charge in [0.15, 0.2) is 0 Å². The van der Waals surface area contributed by atoms with Crippen LogP contribution in [0.5, 0.6) is 0 Å². The maximum absolute atomic E-state index is 13.1. The van der Waals surface area contributed by atoms with Crippen molar-refractivity contribution in [3.8, 4) is 0 Å². The molecule has 8 nitrogen and oxygen atoms in total. The van der Waals surface area contributed by atoms with Gasteiger partial charge in [-0.3, -0.25) is 19.3 Å². The number of piperidine rings is 1. The predicted molar refractivity (Wildman–Crippen MR) is 142 cm³/mol. The van der Waals surface area contributed by atoms with Crippen molar-refractivity contribution in [2.45, 2.75) is 84.8 Å². The SMILES string of the molecule is CCC1CC(C)(OC)CCCN(C)C(C2CCN(C(=O)CNCC(C)C)CC2)COC(=O)C(C)C1=O. The Hall–Kier alpha value is -1.51. The summed E-state index contributed by atoms with van der Waals surface area (Å²) in [6.07, 6.45) is 4.84. The van der Waals surface area contributed by atoms with E-state index >= 15 is 0 Å². The van der Waals surface area contributed by atoms with Crippen LogP contribution in [0.4, 0.5) is 0 Å². The second-order valence-electron chi connectivity index (χ2n) is 11.6. The zero-order valence-corrected chi connectivity index (χ0v) is 23.8. The van der Waals surface area contributed by atoms with Crippen molar-refractivity contribution >= 4 is 17.7 Å². The van der Waals surface area contributed by atoms with E-state index in [9.17, 15) is 14.4 Å². The minimum Gasteiger partial charge on any atom is -0.463 e. The van der Waals surface area contributed by atoms with Gasteiger partial charge in [-0.25, -0.2) is 0 Å². The molecule has 208 valence electrons. The molecule has 0 aliphatic carbocycles. The van der Waals surface area contributed by atoms with Crippen molar-refractivity contribution in [3.63, 3.8) is 0 Å². The third kappa shape index (κ3) is 8.80. The number of nitrogens with zero attached hydrogens (tertiary/aromatic N) is 2. The number of likely N-dealkylation sites (N-methyl/N-ethyl adjacent to an activating group) is 1. The Morgan fingerprint density at radius 3 is 2.47 bits per heavy atom. The van der Waals surface area contributed by atoms with Gasteiger partial charge in [0.2, 0.25) is 5.91 Å². The van der Waals surface area contributed by atoms with E-state index in [0.29, 0.717) is 31.2 Å². The molecule has 2 saturated heterocycles. The number of rotatable bonds is 7. The number of carbonyl (C=O) groups excluding carboxylic acids is 3. The summed E-state index contributed by atoms with van der Waals surface area (Å²) in [4.78, 5) is 42.9. The van der Waals surface area contributed by atoms with E-state index in [1.807, 2.05) is 11.8 Å². The number of cyclic esters (lactones) is 1. The summed E-state index contributed by atoms with van der Waals surface area (Å²) < 4.78 is 11.7. The molecular weight excluding hydrogens is 458 g/mol. The molecule has 0 aromatic heterocycles. The lowest BCUT2D eigenvalue weighted by Crippen LogP contribution is -2.49. The summed E-state index contributed by atoms with van der Waals surface area (Å²) in [6, 6.07) is 0.0593. The molecule has 36 heavy (non-hydrogen) atoms. The Morgan fingerprint density at radius 1 is 1.22 bits per heavy atom. The van der Waals surface area contributed by atoms with Gasteiger partial charge in [-0.05, 0) is 84.3 Å². The van der Waals surface area contributed by atoms with Crippen molar-refractivity contribution in [3.05, 3.63) is 0 Å². The van der Waals surface area contributed by atoms with Gasteiger partial charge in [0.25, 0.3) is 0 Å². The highest BCUT2D eigenvalue weighted by Crippen LogP contribution is 2.31. The number of esters is 1. The number of Topliss-reactive ketones (excluding diaryl/α,β-unsaturated/α-hetero) is 1. The zero-order chi connectivity index (χ0) is 26.9. The fraction of sp³-hybridized carbons (Fsp3) is 0.893. The first-order valence-corrected chi connectivity index (χ1v) is 14.0. The number of hydrogen-bond acceptors (Lipinski definition) is 7. The first-order valence-electron chi connectivity index (χ1n) is 14.0. The van der Waals surface area contributed by atoms with Gasteiger partial charge in [-0.15, -0.1) is 0 Å². The standard InChI is InChI=1S/C28H51N3O5/c1-8-22-16-28(5,35-7)12-9-13-30(6)24(19-36-27(34)21(4)26(22)33)23-10-14-31(15-11-23)25(32)18-29-17-20(2)3/h20-24,29H,8-19H2,1-7H3. The van der Waals surface area contributed by atoms with Crippen LogP contribution in [0, 0.1) is 23.7 Å². The summed E-state index contributed by atoms with van der Waals surface area (Å²) in [6.45, 7) is 13.8. The first kappa shape index (κ1) is 30.7. The number of amides is 1. The van der Waals surface area contributed by atoms with Crippen LogP contribution in [0.3, 0.4) is 0 Å². The van der Waals surface area contributed by atoms with Crippen molar-refractivity contribution < 1.29 is 23.9 Å². The number of nitrogens with one attached hydrogen (secondary N) is 1. The lowest BCUT2D eigenvalue weighted by Gasteiger charge is -2.40. The Labute approximate surface area is 218 Å². The number of ketones is 1. The van der Waals surface area contributed by atoms with Crippen molar-refractivity contribution in [1.82, 2.24) is 15.1 Å². The fourth-order valence-electron chi connectivity index (χ4n) is 5.62. The van der Waals surface area contributed by atoms with Gasteiger partial charge in [-0.1, -0.05) is 20.8 Å². The zero-order valence-electron chi connectivity index (χ0n) is 23.8. The number of carbonyl (C=O) groups is 3. The third-order valence-electron chi connectivity index (χ3n) is 8.29. The number of methoxy groups -OCH3 is 1. The molecule has 0 saturated carbocycles. The molecule has 2 heterocycles. The number of hydrogen-bond donors (Lipinski definition) is 1. The normalized spacial score (nSPS) is 30.4. The highest BCUT2D eigenvalue weighted by Gasteiger charge is 2.37. The smallest absolute Gasteiger partial charge is 0.316 e. The Balaban J connectivity index is 2.08. The maximum atomic E-state index is 13.1. The van der Waals surface area contributed by atoms with Gasteiger partial charge >= 0.3 is 5.97 Å². The number of likely N-dealkylation sites (tertiary alicyclic amines) is 1. The highest BCUT2D eigenvalue weighted by atomic mass is 16.5. The van der Waals surface area contributed by atoms with Crippen LogP contribution < -0.4 is 5.32 Å². The highest BCUT2D eigenvalue weighted by molar-refractivity contribution is 5.99. The molecule has 2 rings (SSSR count). The van der Waals surface area contributed by atoms with Gasteiger partial charge < -0.3 is 19.7 Å². The molecule has 1 amide bonds. The van der Waals surface area contributed by atoms with Crippen molar-refractivity contribution in [1.29, 1.82) is 0 Å². The first-order chi connectivity index (χ1) is 17.0. The third-order valence-corrected chi connectivity index (χ3v) is 8.29. The Kier molecular flexibility index (Phi) is 12.3. The average Bonchev–Trinajstić information content (AvgIpc) is 2.86. The number of ether oxygens (including phenoxy) is 2. The minimum atomic E-state index is -0.777. The topological polar surface area (TPSA) is 88.2 Å². The van der Waals surface area contributed by atoms with E-state index in [2.05, 4.69) is 38.0 Å². The molecular formula is C28H51N3O5. The molecule has 0 aromatic rings. The van der Waals surface area contributed by atoms with Crippen LogP contribution in [0.25, 0.3) is 0 Å². The van der Waals surface area contributed by atoms with Gasteiger partial charge in [0.05, 0.1) is 12.1 Å². The van der Waals surface area contributed by atoms with Crippen LogP contribution in [0.2, 0.25) is 0 Å². The van der Waals surface area contributed by atoms with Gasteiger partial charge in [0, 0.05) is 32.2 Å². The van der Waals surface area contributed by atoms with E-state index in [-0.39, 0.29) is 30.3 Å². The Bertz CT molecular complexity index is 722. The van der Waals surface area contributed by atoms with Crippen LogP contribution in [-0.2, 0) is 23.9 Å². The maximum Gasteiger partial charge on any atom is 0.316 e. The molecule has 2 aliphatic rings. The van der Waals surface area contributed by atoms with Gasteiger partial charge in [0.1, 0.15) is 18.3 Å². The summed E-state index contributed by atoms with van der Waals surface area (Å²) in [5, 5.41) is 3.24. The lowest BCUT2D eigenvalue weighted by molar-refractivity contribution is -0.155. The summed E-state index contributed by atoms with van der Waals surface area (Å²) >= 11 is 0. The second kappa shape index (κ2) is 14.4. The lowest BCUT2D eigenvalue weighted by atomic mass is 9.81. The second-order valence-corrected chi connectivity index (χ2v) is 11.6.